The summed E-state index contributed by atoms with van der Waals surface area (Å²) < 4.78 is 20.1. The first-order chi connectivity index (χ1) is 8.74. The lowest BCUT2D eigenvalue weighted by Gasteiger charge is -2.01. The van der Waals surface area contributed by atoms with E-state index in [1.807, 2.05) is 0 Å². The van der Waals surface area contributed by atoms with Crippen LogP contribution in [0, 0.1) is 5.82 Å². The number of nitrogens with zero attached hydrogens (tertiary/aromatic N) is 2. The third-order valence-corrected chi connectivity index (χ3v) is 3.80. The van der Waals surface area contributed by atoms with Gasteiger partial charge in [0.2, 0.25) is 5.89 Å². The van der Waals surface area contributed by atoms with E-state index in [-0.39, 0.29) is 11.7 Å². The molecule has 1 aromatic heterocycles. The zero-order valence-electron chi connectivity index (χ0n) is 9.70. The molecule has 0 amide bonds. The molecule has 94 valence electrons. The van der Waals surface area contributed by atoms with Crippen molar-refractivity contribution < 1.29 is 8.81 Å². The molecule has 1 heterocycles. The van der Waals surface area contributed by atoms with E-state index in [9.17, 15) is 4.39 Å². The molecule has 0 bridgehead atoms. The molecule has 1 saturated carbocycles. The van der Waals surface area contributed by atoms with E-state index in [0.29, 0.717) is 21.8 Å². The molecule has 2 aromatic rings. The maximum Gasteiger partial charge on any atom is 0.250 e. The Morgan fingerprint density at radius 2 is 2.00 bits per heavy atom. The van der Waals surface area contributed by atoms with Gasteiger partial charge in [-0.3, -0.25) is 0 Å². The predicted molar refractivity (Wildman–Crippen MR) is 68.6 cm³/mol. The van der Waals surface area contributed by atoms with Crippen LogP contribution in [0.15, 0.2) is 27.1 Å². The first-order valence-electron chi connectivity index (χ1n) is 6.03. The summed E-state index contributed by atoms with van der Waals surface area (Å²) in [4.78, 5) is 0. The van der Waals surface area contributed by atoms with Gasteiger partial charge in [-0.05, 0) is 31.0 Å². The van der Waals surface area contributed by atoms with Gasteiger partial charge >= 0.3 is 0 Å². The van der Waals surface area contributed by atoms with Crippen molar-refractivity contribution in [2.24, 2.45) is 0 Å². The van der Waals surface area contributed by atoms with E-state index in [0.717, 1.165) is 12.8 Å². The van der Waals surface area contributed by atoms with Crippen molar-refractivity contribution in [3.8, 4) is 11.5 Å². The number of aromatic nitrogens is 2. The Balaban J connectivity index is 1.92. The fourth-order valence-electron chi connectivity index (χ4n) is 2.34. The van der Waals surface area contributed by atoms with Gasteiger partial charge < -0.3 is 4.42 Å². The standard InChI is InChI=1S/C13H12BrFN2O/c14-9-5-6-10(11(15)7-9)13-17-16-12(18-13)8-3-1-2-4-8/h5-8H,1-4H2. The van der Waals surface area contributed by atoms with Crippen LogP contribution in [-0.2, 0) is 0 Å². The predicted octanol–water partition coefficient (Wildman–Crippen LogP) is 4.30. The normalized spacial score (nSPS) is 16.3. The molecule has 0 radical (unpaired) electrons. The number of rotatable bonds is 2. The highest BCUT2D eigenvalue weighted by atomic mass is 79.9. The second-order valence-corrected chi connectivity index (χ2v) is 5.47. The highest BCUT2D eigenvalue weighted by molar-refractivity contribution is 9.10. The van der Waals surface area contributed by atoms with Gasteiger partial charge in [-0.2, -0.15) is 0 Å². The quantitative estimate of drug-likeness (QED) is 0.830. The molecule has 0 N–H and O–H groups in total. The molecular weight excluding hydrogens is 299 g/mol. The lowest BCUT2D eigenvalue weighted by Crippen LogP contribution is -1.91. The molecule has 1 aromatic carbocycles. The second kappa shape index (κ2) is 4.80. The van der Waals surface area contributed by atoms with Crippen molar-refractivity contribution in [1.29, 1.82) is 0 Å². The van der Waals surface area contributed by atoms with Crippen LogP contribution >= 0.6 is 15.9 Å². The maximum absolute atomic E-state index is 13.8. The van der Waals surface area contributed by atoms with Crippen LogP contribution < -0.4 is 0 Å². The Morgan fingerprint density at radius 1 is 1.22 bits per heavy atom. The van der Waals surface area contributed by atoms with Gasteiger partial charge in [0.25, 0.3) is 5.89 Å². The fraction of sp³-hybridized carbons (Fsp3) is 0.385. The monoisotopic (exact) mass is 310 g/mol. The highest BCUT2D eigenvalue weighted by Crippen LogP contribution is 2.34. The van der Waals surface area contributed by atoms with Crippen molar-refractivity contribution >= 4 is 15.9 Å². The van der Waals surface area contributed by atoms with E-state index in [2.05, 4.69) is 26.1 Å². The second-order valence-electron chi connectivity index (χ2n) is 4.55. The lowest BCUT2D eigenvalue weighted by molar-refractivity contribution is 0.455. The minimum atomic E-state index is -0.356. The molecule has 0 aliphatic heterocycles. The van der Waals surface area contributed by atoms with Crippen molar-refractivity contribution in [3.05, 3.63) is 34.4 Å². The molecule has 0 unspecified atom stereocenters. The first kappa shape index (κ1) is 11.8. The van der Waals surface area contributed by atoms with Crippen LogP contribution in [0.2, 0.25) is 0 Å². The van der Waals surface area contributed by atoms with Gasteiger partial charge in [0.15, 0.2) is 0 Å². The zero-order chi connectivity index (χ0) is 12.5. The average Bonchev–Trinajstić information content (AvgIpc) is 2.99. The van der Waals surface area contributed by atoms with Crippen LogP contribution in [0.4, 0.5) is 4.39 Å². The summed E-state index contributed by atoms with van der Waals surface area (Å²) in [7, 11) is 0. The summed E-state index contributed by atoms with van der Waals surface area (Å²) in [5.41, 5.74) is 0.356. The minimum absolute atomic E-state index is 0.266. The van der Waals surface area contributed by atoms with Crippen molar-refractivity contribution in [2.75, 3.05) is 0 Å². The average molecular weight is 311 g/mol. The van der Waals surface area contributed by atoms with Gasteiger partial charge in [0.1, 0.15) is 5.82 Å². The van der Waals surface area contributed by atoms with Gasteiger partial charge in [0, 0.05) is 10.4 Å². The molecule has 3 nitrogen and oxygen atoms in total. The van der Waals surface area contributed by atoms with Crippen LogP contribution in [-0.4, -0.2) is 10.2 Å². The summed E-state index contributed by atoms with van der Waals surface area (Å²) in [5, 5.41) is 7.99. The molecule has 0 atom stereocenters. The highest BCUT2D eigenvalue weighted by Gasteiger charge is 2.23. The summed E-state index contributed by atoms with van der Waals surface area (Å²) >= 11 is 3.22. The molecule has 5 heteroatoms. The Bertz CT molecular complexity index is 564. The SMILES string of the molecule is Fc1cc(Br)ccc1-c1nnc(C2CCCC2)o1. The van der Waals surface area contributed by atoms with Crippen LogP contribution in [0.5, 0.6) is 0 Å². The zero-order valence-corrected chi connectivity index (χ0v) is 11.3. The van der Waals surface area contributed by atoms with Crippen LogP contribution in [0.1, 0.15) is 37.5 Å². The van der Waals surface area contributed by atoms with Gasteiger partial charge in [-0.25, -0.2) is 4.39 Å². The minimum Gasteiger partial charge on any atom is -0.420 e. The van der Waals surface area contributed by atoms with Crippen LogP contribution in [0.3, 0.4) is 0 Å². The van der Waals surface area contributed by atoms with E-state index in [4.69, 9.17) is 4.42 Å². The summed E-state index contributed by atoms with van der Waals surface area (Å²) in [6, 6.07) is 4.80. The third kappa shape index (κ3) is 2.19. The third-order valence-electron chi connectivity index (χ3n) is 3.31. The van der Waals surface area contributed by atoms with Gasteiger partial charge in [-0.15, -0.1) is 10.2 Å². The number of halogens is 2. The Kier molecular flexibility index (Phi) is 3.16. The molecule has 18 heavy (non-hydrogen) atoms. The Morgan fingerprint density at radius 3 is 2.72 bits per heavy atom. The topological polar surface area (TPSA) is 38.9 Å². The smallest absolute Gasteiger partial charge is 0.250 e. The largest absolute Gasteiger partial charge is 0.420 e. The van der Waals surface area contributed by atoms with Crippen LogP contribution in [0.25, 0.3) is 11.5 Å². The molecular formula is C13H12BrFN2O. The first-order valence-corrected chi connectivity index (χ1v) is 6.82. The lowest BCUT2D eigenvalue weighted by atomic mass is 10.1. The molecule has 0 spiro atoms. The summed E-state index contributed by atoms with van der Waals surface area (Å²) in [6.07, 6.45) is 4.58. The number of hydrogen-bond acceptors (Lipinski definition) is 3. The number of benzene rings is 1. The number of hydrogen-bond donors (Lipinski definition) is 0. The Hall–Kier alpha value is -1.23. The van der Waals surface area contributed by atoms with Gasteiger partial charge in [0.05, 0.1) is 5.56 Å². The molecule has 1 fully saturated rings. The van der Waals surface area contributed by atoms with Crippen molar-refractivity contribution in [2.45, 2.75) is 31.6 Å². The van der Waals surface area contributed by atoms with E-state index < -0.39 is 0 Å². The fourth-order valence-corrected chi connectivity index (χ4v) is 2.68. The summed E-state index contributed by atoms with van der Waals surface area (Å²) in [5.74, 6) is 0.905. The molecule has 1 aliphatic rings. The van der Waals surface area contributed by atoms with E-state index in [1.165, 1.54) is 18.9 Å². The molecule has 3 rings (SSSR count). The van der Waals surface area contributed by atoms with Crippen molar-refractivity contribution in [3.63, 3.8) is 0 Å². The summed E-state index contributed by atoms with van der Waals surface area (Å²) in [6.45, 7) is 0. The van der Waals surface area contributed by atoms with Gasteiger partial charge in [-0.1, -0.05) is 28.8 Å². The van der Waals surface area contributed by atoms with Crippen molar-refractivity contribution in [1.82, 2.24) is 10.2 Å². The van der Waals surface area contributed by atoms with E-state index >= 15 is 0 Å². The Labute approximate surface area is 113 Å². The van der Waals surface area contributed by atoms with E-state index in [1.54, 1.807) is 12.1 Å². The molecule has 1 aliphatic carbocycles. The maximum atomic E-state index is 13.8. The molecule has 0 saturated heterocycles.